The van der Waals surface area contributed by atoms with Crippen LogP contribution in [0.15, 0.2) is 48.5 Å². The number of fused-ring (bicyclic) bond motifs is 3. The minimum Gasteiger partial charge on any atom is -0.481 e. The second kappa shape index (κ2) is 9.85. The van der Waals surface area contributed by atoms with Crippen molar-refractivity contribution >= 4 is 18.0 Å². The lowest BCUT2D eigenvalue weighted by Gasteiger charge is -2.26. The Hall–Kier alpha value is -3.35. The molecule has 7 nitrogen and oxygen atoms in total. The molecule has 0 spiro atoms. The molecule has 0 bridgehead atoms. The van der Waals surface area contributed by atoms with E-state index >= 15 is 0 Å². The minimum absolute atomic E-state index is 0.0697. The number of ether oxygens (including phenoxy) is 1. The molecule has 2 unspecified atom stereocenters. The summed E-state index contributed by atoms with van der Waals surface area (Å²) in [5.41, 5.74) is 4.48. The number of rotatable bonds is 8. The molecule has 2 aromatic carbocycles. The highest BCUT2D eigenvalue weighted by Crippen LogP contribution is 2.44. The fraction of sp³-hybridized carbons (Fsp3) is 0.400. The van der Waals surface area contributed by atoms with E-state index in [1.807, 2.05) is 36.4 Å². The summed E-state index contributed by atoms with van der Waals surface area (Å²) in [6.45, 7) is 6.92. The molecule has 3 atom stereocenters. The Morgan fingerprint density at radius 2 is 1.44 bits per heavy atom. The number of carboxylic acid groups (broad SMARTS) is 1. The van der Waals surface area contributed by atoms with E-state index in [-0.39, 0.29) is 18.4 Å². The van der Waals surface area contributed by atoms with Gasteiger partial charge < -0.3 is 20.5 Å². The van der Waals surface area contributed by atoms with Crippen molar-refractivity contribution in [1.29, 1.82) is 0 Å². The quantitative estimate of drug-likeness (QED) is 0.582. The summed E-state index contributed by atoms with van der Waals surface area (Å²) in [7, 11) is 0. The molecule has 0 saturated carbocycles. The van der Waals surface area contributed by atoms with Gasteiger partial charge in [-0.1, -0.05) is 62.4 Å². The summed E-state index contributed by atoms with van der Waals surface area (Å²) in [5, 5.41) is 14.6. The van der Waals surface area contributed by atoms with Gasteiger partial charge in [-0.05, 0) is 42.0 Å². The number of carbonyl (C=O) groups is 3. The normalized spacial score (nSPS) is 15.3. The summed E-state index contributed by atoms with van der Waals surface area (Å²) in [6.07, 6.45) is -0.694. The maximum atomic E-state index is 12.5. The van der Waals surface area contributed by atoms with Crippen LogP contribution in [0.2, 0.25) is 0 Å². The van der Waals surface area contributed by atoms with Crippen molar-refractivity contribution in [3.63, 3.8) is 0 Å². The van der Waals surface area contributed by atoms with E-state index in [9.17, 15) is 19.5 Å². The maximum absolute atomic E-state index is 12.5. The fourth-order valence-electron chi connectivity index (χ4n) is 4.40. The van der Waals surface area contributed by atoms with Crippen molar-refractivity contribution in [2.24, 2.45) is 11.8 Å². The molecule has 0 heterocycles. The van der Waals surface area contributed by atoms with Gasteiger partial charge in [0.25, 0.3) is 0 Å². The lowest BCUT2D eigenvalue weighted by Crippen LogP contribution is -2.51. The highest BCUT2D eigenvalue weighted by atomic mass is 16.5. The van der Waals surface area contributed by atoms with Gasteiger partial charge in [0, 0.05) is 12.0 Å². The van der Waals surface area contributed by atoms with Crippen LogP contribution in [0.5, 0.6) is 0 Å². The first-order valence-electron chi connectivity index (χ1n) is 10.8. The third kappa shape index (κ3) is 4.93. The zero-order valence-electron chi connectivity index (χ0n) is 18.8. The molecule has 1 aliphatic rings. The first kappa shape index (κ1) is 23.3. The van der Waals surface area contributed by atoms with Crippen LogP contribution in [0.25, 0.3) is 11.1 Å². The van der Waals surface area contributed by atoms with Gasteiger partial charge in [-0.3, -0.25) is 9.59 Å². The van der Waals surface area contributed by atoms with Crippen LogP contribution >= 0.6 is 0 Å². The van der Waals surface area contributed by atoms with Gasteiger partial charge in [0.15, 0.2) is 0 Å². The van der Waals surface area contributed by atoms with Gasteiger partial charge in [0.05, 0.1) is 5.92 Å². The lowest BCUT2D eigenvalue weighted by molar-refractivity contribution is -0.144. The topological polar surface area (TPSA) is 105 Å². The van der Waals surface area contributed by atoms with Crippen LogP contribution < -0.4 is 10.6 Å². The van der Waals surface area contributed by atoms with Crippen LogP contribution in [-0.4, -0.2) is 41.8 Å². The van der Waals surface area contributed by atoms with Crippen molar-refractivity contribution in [1.82, 2.24) is 10.6 Å². The molecule has 0 fully saturated rings. The number of carboxylic acids is 1. The van der Waals surface area contributed by atoms with E-state index < -0.39 is 36.0 Å². The summed E-state index contributed by atoms with van der Waals surface area (Å²) in [4.78, 5) is 36.3. The van der Waals surface area contributed by atoms with E-state index in [1.54, 1.807) is 20.8 Å². The second-order valence-corrected chi connectivity index (χ2v) is 8.60. The minimum atomic E-state index is -0.968. The van der Waals surface area contributed by atoms with Crippen LogP contribution in [0.1, 0.15) is 44.7 Å². The Morgan fingerprint density at radius 1 is 0.906 bits per heavy atom. The first-order chi connectivity index (χ1) is 15.2. The summed E-state index contributed by atoms with van der Waals surface area (Å²) in [6, 6.07) is 14.6. The summed E-state index contributed by atoms with van der Waals surface area (Å²) >= 11 is 0. The largest absolute Gasteiger partial charge is 0.481 e. The number of hydrogen-bond donors (Lipinski definition) is 3. The molecule has 2 amide bonds. The van der Waals surface area contributed by atoms with Crippen LogP contribution in [0.3, 0.4) is 0 Å². The predicted octanol–water partition coefficient (Wildman–Crippen LogP) is 3.78. The number of alkyl carbamates (subject to hydrolysis) is 1. The van der Waals surface area contributed by atoms with E-state index in [1.165, 1.54) is 6.92 Å². The maximum Gasteiger partial charge on any atom is 0.407 e. The standard InChI is InChI=1S/C25H30N2O5/c1-14(2)22(24(29)30)15(3)26-23(28)16(4)27-25(31)32-13-21-19-11-7-5-9-17(19)18-10-6-8-12-20(18)21/h5-12,14-16,21-22H,13H2,1-4H3,(H,26,28)(H,27,31)(H,29,30)/t15?,16-,22?/m1/s1. The molecule has 0 aromatic heterocycles. The van der Waals surface area contributed by atoms with Gasteiger partial charge in [-0.2, -0.15) is 0 Å². The van der Waals surface area contributed by atoms with Gasteiger partial charge in [-0.25, -0.2) is 4.79 Å². The van der Waals surface area contributed by atoms with Gasteiger partial charge in [-0.15, -0.1) is 0 Å². The Balaban J connectivity index is 1.57. The van der Waals surface area contributed by atoms with E-state index in [4.69, 9.17) is 4.74 Å². The molecule has 0 aliphatic heterocycles. The lowest BCUT2D eigenvalue weighted by atomic mass is 9.89. The van der Waals surface area contributed by atoms with Crippen LogP contribution in [-0.2, 0) is 14.3 Å². The highest BCUT2D eigenvalue weighted by Gasteiger charge is 2.31. The molecule has 170 valence electrons. The van der Waals surface area contributed by atoms with Crippen molar-refractivity contribution in [3.8, 4) is 11.1 Å². The van der Waals surface area contributed by atoms with Crippen LogP contribution in [0, 0.1) is 11.8 Å². The second-order valence-electron chi connectivity index (χ2n) is 8.60. The molecular formula is C25H30N2O5. The summed E-state index contributed by atoms with van der Waals surface area (Å²) < 4.78 is 5.47. The monoisotopic (exact) mass is 438 g/mol. The number of amides is 2. The van der Waals surface area contributed by atoms with Crippen molar-refractivity contribution in [2.75, 3.05) is 6.61 Å². The first-order valence-corrected chi connectivity index (χ1v) is 10.8. The Morgan fingerprint density at radius 3 is 1.94 bits per heavy atom. The molecule has 0 saturated heterocycles. The molecule has 32 heavy (non-hydrogen) atoms. The third-order valence-corrected chi connectivity index (χ3v) is 5.98. The average molecular weight is 439 g/mol. The molecule has 3 N–H and O–H groups in total. The van der Waals surface area contributed by atoms with Gasteiger partial charge in [0.1, 0.15) is 12.6 Å². The predicted molar refractivity (Wildman–Crippen MR) is 121 cm³/mol. The zero-order chi connectivity index (χ0) is 23.4. The number of aliphatic carboxylic acids is 1. The number of hydrogen-bond acceptors (Lipinski definition) is 4. The van der Waals surface area contributed by atoms with E-state index in [0.717, 1.165) is 22.3 Å². The van der Waals surface area contributed by atoms with Crippen molar-refractivity contribution in [2.45, 2.75) is 45.7 Å². The number of benzene rings is 2. The van der Waals surface area contributed by atoms with Crippen molar-refractivity contribution < 1.29 is 24.2 Å². The average Bonchev–Trinajstić information content (AvgIpc) is 3.05. The molecule has 2 aromatic rings. The van der Waals surface area contributed by atoms with Gasteiger partial charge in [0.2, 0.25) is 5.91 Å². The fourth-order valence-corrected chi connectivity index (χ4v) is 4.40. The number of carbonyl (C=O) groups excluding carboxylic acids is 2. The molecule has 7 heteroatoms. The SMILES string of the molecule is CC(C)C(C(=O)O)C(C)NC(=O)[C@@H](C)NC(=O)OCC1c2ccccc2-c2ccccc21. The molecule has 0 radical (unpaired) electrons. The molecule has 3 rings (SSSR count). The third-order valence-electron chi connectivity index (χ3n) is 5.98. The summed E-state index contributed by atoms with van der Waals surface area (Å²) in [5.74, 6) is -2.36. The molecular weight excluding hydrogens is 408 g/mol. The molecule has 1 aliphatic carbocycles. The van der Waals surface area contributed by atoms with Crippen LogP contribution in [0.4, 0.5) is 4.79 Å². The number of nitrogens with one attached hydrogen (secondary N) is 2. The zero-order valence-corrected chi connectivity index (χ0v) is 18.8. The Labute approximate surface area is 188 Å². The van der Waals surface area contributed by atoms with Crippen molar-refractivity contribution in [3.05, 3.63) is 59.7 Å². The highest BCUT2D eigenvalue weighted by molar-refractivity contribution is 5.86. The van der Waals surface area contributed by atoms with E-state index in [2.05, 4.69) is 22.8 Å². The Bertz CT molecular complexity index is 958. The van der Waals surface area contributed by atoms with Gasteiger partial charge >= 0.3 is 12.1 Å². The van der Waals surface area contributed by atoms with E-state index in [0.29, 0.717) is 0 Å². The Kier molecular flexibility index (Phi) is 7.18. The smallest absolute Gasteiger partial charge is 0.407 e.